The summed E-state index contributed by atoms with van der Waals surface area (Å²) in [4.78, 5) is 8.76. The van der Waals surface area contributed by atoms with E-state index in [2.05, 4.69) is 25.9 Å². The monoisotopic (exact) mass is 373 g/mol. The minimum atomic E-state index is -0.469. The number of nitrogens with zero attached hydrogens (tertiary/aromatic N) is 3. The lowest BCUT2D eigenvalue weighted by atomic mass is 10.3. The van der Waals surface area contributed by atoms with Gasteiger partial charge in [0.2, 0.25) is 0 Å². The summed E-state index contributed by atoms with van der Waals surface area (Å²) in [6, 6.07) is 6.29. The molecule has 0 bridgehead atoms. The second kappa shape index (κ2) is 5.31. The number of aromatic nitrogens is 3. The average molecular weight is 375 g/mol. The minimum absolute atomic E-state index is 0.0435. The largest absolute Gasteiger partial charge is 0.280 e. The molecular formula is C13H7BrCl2FN3. The smallest absolute Gasteiger partial charge is 0.164 e. The summed E-state index contributed by atoms with van der Waals surface area (Å²) in [7, 11) is 0. The molecule has 2 aromatic heterocycles. The summed E-state index contributed by atoms with van der Waals surface area (Å²) in [5, 5.41) is 0.0435. The number of halogens is 4. The summed E-state index contributed by atoms with van der Waals surface area (Å²) in [6.07, 6.45) is 1.67. The van der Waals surface area contributed by atoms with Crippen molar-refractivity contribution in [1.82, 2.24) is 14.5 Å². The average Bonchev–Trinajstić information content (AvgIpc) is 2.79. The second-order valence-corrected chi connectivity index (χ2v) is 5.68. The summed E-state index contributed by atoms with van der Waals surface area (Å²) < 4.78 is 15.9. The molecule has 0 saturated heterocycles. The number of imidazole rings is 1. The first-order valence-electron chi connectivity index (χ1n) is 5.64. The van der Waals surface area contributed by atoms with E-state index in [1.54, 1.807) is 16.8 Å². The van der Waals surface area contributed by atoms with Crippen molar-refractivity contribution < 1.29 is 4.39 Å². The first-order valence-corrected chi connectivity index (χ1v) is 7.35. The zero-order chi connectivity index (χ0) is 14.3. The van der Waals surface area contributed by atoms with Crippen LogP contribution in [0.1, 0.15) is 5.82 Å². The van der Waals surface area contributed by atoms with E-state index in [9.17, 15) is 4.39 Å². The van der Waals surface area contributed by atoms with Gasteiger partial charge in [0, 0.05) is 10.7 Å². The number of fused-ring (bicyclic) bond motifs is 1. The van der Waals surface area contributed by atoms with E-state index in [4.69, 9.17) is 23.2 Å². The van der Waals surface area contributed by atoms with Crippen LogP contribution < -0.4 is 0 Å². The fraction of sp³-hybridized carbons (Fsp3) is 0.0769. The van der Waals surface area contributed by atoms with Crippen LogP contribution in [-0.4, -0.2) is 14.5 Å². The maximum Gasteiger partial charge on any atom is 0.164 e. The maximum absolute atomic E-state index is 13.3. The van der Waals surface area contributed by atoms with Crippen molar-refractivity contribution in [2.75, 3.05) is 0 Å². The Hall–Kier alpha value is -1.17. The van der Waals surface area contributed by atoms with Gasteiger partial charge >= 0.3 is 0 Å². The molecule has 0 N–H and O–H groups in total. The summed E-state index contributed by atoms with van der Waals surface area (Å²) >= 11 is 15.1. The topological polar surface area (TPSA) is 30.7 Å². The van der Waals surface area contributed by atoms with Crippen LogP contribution in [0.15, 0.2) is 34.9 Å². The second-order valence-electron chi connectivity index (χ2n) is 4.09. The molecule has 3 aromatic rings. The standard InChI is InChI=1S/C13H7BrCl2FN3/c14-7-3-11-13(18-6-7)20(12(5-15)19-11)8-1-2-10(17)9(16)4-8/h1-4,6H,5H2. The van der Waals surface area contributed by atoms with Gasteiger partial charge in [0.15, 0.2) is 5.65 Å². The minimum Gasteiger partial charge on any atom is -0.280 e. The molecule has 20 heavy (non-hydrogen) atoms. The number of hydrogen-bond acceptors (Lipinski definition) is 2. The molecule has 0 saturated carbocycles. The molecule has 2 heterocycles. The van der Waals surface area contributed by atoms with Crippen molar-refractivity contribution in [3.05, 3.63) is 51.6 Å². The summed E-state index contributed by atoms with van der Waals surface area (Å²) in [6.45, 7) is 0. The van der Waals surface area contributed by atoms with Crippen LogP contribution in [0.5, 0.6) is 0 Å². The SMILES string of the molecule is Fc1ccc(-n2c(CCl)nc3cc(Br)cnc32)cc1Cl. The van der Waals surface area contributed by atoms with Gasteiger partial charge in [-0.3, -0.25) is 4.57 Å². The predicted molar refractivity (Wildman–Crippen MR) is 81.1 cm³/mol. The first-order chi connectivity index (χ1) is 9.60. The highest BCUT2D eigenvalue weighted by Gasteiger charge is 2.14. The molecule has 1 aromatic carbocycles. The van der Waals surface area contributed by atoms with Crippen molar-refractivity contribution in [1.29, 1.82) is 0 Å². The molecule has 0 unspecified atom stereocenters. The lowest BCUT2D eigenvalue weighted by Crippen LogP contribution is -2.00. The number of rotatable bonds is 2. The lowest BCUT2D eigenvalue weighted by Gasteiger charge is -2.07. The van der Waals surface area contributed by atoms with E-state index in [1.165, 1.54) is 12.1 Å². The molecule has 0 aliphatic carbocycles. The van der Waals surface area contributed by atoms with Gasteiger partial charge in [-0.15, -0.1) is 11.6 Å². The predicted octanol–water partition coefficient (Wildman–Crippen LogP) is 4.71. The first kappa shape index (κ1) is 13.8. The highest BCUT2D eigenvalue weighted by Crippen LogP contribution is 2.26. The van der Waals surface area contributed by atoms with Crippen LogP contribution in [0.25, 0.3) is 16.9 Å². The highest BCUT2D eigenvalue weighted by molar-refractivity contribution is 9.10. The van der Waals surface area contributed by atoms with Crippen LogP contribution >= 0.6 is 39.1 Å². The molecule has 0 fully saturated rings. The zero-order valence-electron chi connectivity index (χ0n) is 9.95. The molecule has 0 radical (unpaired) electrons. The van der Waals surface area contributed by atoms with Gasteiger partial charge in [-0.1, -0.05) is 11.6 Å². The Kier molecular flexibility index (Phi) is 3.67. The van der Waals surface area contributed by atoms with Gasteiger partial charge < -0.3 is 0 Å². The molecule has 0 aliphatic heterocycles. The van der Waals surface area contributed by atoms with Crippen molar-refractivity contribution in [2.24, 2.45) is 0 Å². The molecule has 0 spiro atoms. The molecule has 0 aliphatic rings. The van der Waals surface area contributed by atoms with Crippen molar-refractivity contribution in [3.8, 4) is 5.69 Å². The number of hydrogen-bond donors (Lipinski definition) is 0. The van der Waals surface area contributed by atoms with Crippen molar-refractivity contribution in [3.63, 3.8) is 0 Å². The molecule has 0 atom stereocenters. The summed E-state index contributed by atoms with van der Waals surface area (Å²) in [5.41, 5.74) is 2.02. The van der Waals surface area contributed by atoms with E-state index < -0.39 is 5.82 Å². The van der Waals surface area contributed by atoms with E-state index in [-0.39, 0.29) is 10.9 Å². The van der Waals surface area contributed by atoms with Crippen molar-refractivity contribution >= 4 is 50.3 Å². The number of pyridine rings is 1. The van der Waals surface area contributed by atoms with Crippen LogP contribution in [0.3, 0.4) is 0 Å². The molecule has 3 rings (SSSR count). The Balaban J connectivity index is 2.30. The molecular weight excluding hydrogens is 368 g/mol. The summed E-state index contributed by atoms with van der Waals surface area (Å²) in [5.74, 6) is 0.362. The molecule has 102 valence electrons. The number of alkyl halides is 1. The van der Waals surface area contributed by atoms with Gasteiger partial charge in [0.1, 0.15) is 17.2 Å². The third-order valence-electron chi connectivity index (χ3n) is 2.81. The maximum atomic E-state index is 13.3. The quantitative estimate of drug-likeness (QED) is 0.608. The van der Waals surface area contributed by atoms with E-state index in [0.29, 0.717) is 22.7 Å². The Labute approximate surface area is 132 Å². The number of benzene rings is 1. The fourth-order valence-corrected chi connectivity index (χ4v) is 2.65. The molecule has 7 heteroatoms. The highest BCUT2D eigenvalue weighted by atomic mass is 79.9. The Morgan fingerprint density at radius 3 is 2.80 bits per heavy atom. The van der Waals surface area contributed by atoms with Gasteiger partial charge in [0.05, 0.1) is 16.6 Å². The van der Waals surface area contributed by atoms with Gasteiger partial charge in [-0.2, -0.15) is 0 Å². The normalized spacial score (nSPS) is 11.2. The Morgan fingerprint density at radius 1 is 1.30 bits per heavy atom. The Bertz CT molecular complexity index is 804. The molecule has 0 amide bonds. The van der Waals surface area contributed by atoms with Crippen molar-refractivity contribution in [2.45, 2.75) is 5.88 Å². The van der Waals surface area contributed by atoms with Crippen LogP contribution in [0.2, 0.25) is 5.02 Å². The van der Waals surface area contributed by atoms with E-state index in [1.807, 2.05) is 6.07 Å². The van der Waals surface area contributed by atoms with E-state index in [0.717, 1.165) is 4.47 Å². The third kappa shape index (κ3) is 2.30. The van der Waals surface area contributed by atoms with E-state index >= 15 is 0 Å². The third-order valence-corrected chi connectivity index (χ3v) is 3.78. The van der Waals surface area contributed by atoms with Crippen LogP contribution in [-0.2, 0) is 5.88 Å². The lowest BCUT2D eigenvalue weighted by molar-refractivity contribution is 0.628. The van der Waals surface area contributed by atoms with Gasteiger partial charge in [-0.05, 0) is 40.2 Å². The molecule has 3 nitrogen and oxygen atoms in total. The van der Waals surface area contributed by atoms with Crippen LogP contribution in [0, 0.1) is 5.82 Å². The zero-order valence-corrected chi connectivity index (χ0v) is 13.0. The van der Waals surface area contributed by atoms with Gasteiger partial charge in [0.25, 0.3) is 0 Å². The van der Waals surface area contributed by atoms with Gasteiger partial charge in [-0.25, -0.2) is 14.4 Å². The fourth-order valence-electron chi connectivity index (χ4n) is 1.97. The Morgan fingerprint density at radius 2 is 2.10 bits per heavy atom. The van der Waals surface area contributed by atoms with Crippen LogP contribution in [0.4, 0.5) is 4.39 Å².